The average molecular weight is 250 g/mol. The Morgan fingerprint density at radius 2 is 1.82 bits per heavy atom. The number of aliphatic hydroxyl groups is 1. The summed E-state index contributed by atoms with van der Waals surface area (Å²) >= 11 is 0. The van der Waals surface area contributed by atoms with E-state index in [2.05, 4.69) is 31.0 Å². The molecule has 0 bridgehead atoms. The maximum absolute atomic E-state index is 10.0. The van der Waals surface area contributed by atoms with Crippen molar-refractivity contribution in [2.45, 2.75) is 32.4 Å². The van der Waals surface area contributed by atoms with E-state index in [1.807, 2.05) is 12.1 Å². The van der Waals surface area contributed by atoms with Crippen LogP contribution >= 0.6 is 12.4 Å². The summed E-state index contributed by atoms with van der Waals surface area (Å²) in [7, 11) is 0. The molecule has 1 aliphatic rings. The Morgan fingerprint density at radius 1 is 1.18 bits per heavy atom. The van der Waals surface area contributed by atoms with Crippen LogP contribution in [0, 0.1) is 13.8 Å². The molecule has 3 heteroatoms. The Kier molecular flexibility index (Phi) is 3.11. The molecule has 0 unspecified atom stereocenters. The van der Waals surface area contributed by atoms with Gasteiger partial charge in [0.25, 0.3) is 0 Å². The van der Waals surface area contributed by atoms with Crippen molar-refractivity contribution in [1.29, 1.82) is 0 Å². The monoisotopic (exact) mass is 249 g/mol. The summed E-state index contributed by atoms with van der Waals surface area (Å²) in [4.78, 5) is 4.66. The Balaban J connectivity index is 0.00000108. The van der Waals surface area contributed by atoms with E-state index in [-0.39, 0.29) is 24.6 Å². The summed E-state index contributed by atoms with van der Waals surface area (Å²) in [6.07, 6.45) is 0.376. The maximum atomic E-state index is 10.0. The first-order valence-electron chi connectivity index (χ1n) is 5.70. The van der Waals surface area contributed by atoms with E-state index in [4.69, 9.17) is 0 Å². The van der Waals surface area contributed by atoms with E-state index in [1.54, 1.807) is 0 Å². The predicted octanol–water partition coefficient (Wildman–Crippen LogP) is 2.16. The van der Waals surface area contributed by atoms with E-state index < -0.39 is 0 Å². The smallest absolute Gasteiger partial charge is 0.102 e. The molecule has 3 rings (SSSR count). The standard InChI is InChI=1S/C14H15NO.ClH/c1-8-9(2)13(8)15-14-11-6-4-3-5-10(11)7-12(14)16;/h3-6,12,14,16H,7H2,1-2H3;1H/t12-,14-;/m0./s1. The molecular weight excluding hydrogens is 234 g/mol. The van der Waals surface area contributed by atoms with Gasteiger partial charge in [0, 0.05) is 6.42 Å². The molecule has 0 amide bonds. The fourth-order valence-electron chi connectivity index (χ4n) is 2.43. The number of halogens is 1. The van der Waals surface area contributed by atoms with E-state index in [9.17, 15) is 5.11 Å². The van der Waals surface area contributed by atoms with Crippen LogP contribution in [0.1, 0.15) is 28.3 Å². The molecule has 0 aromatic heterocycles. The lowest BCUT2D eigenvalue weighted by atomic mass is 10.1. The Morgan fingerprint density at radius 3 is 2.47 bits per heavy atom. The van der Waals surface area contributed by atoms with Gasteiger partial charge in [-0.05, 0) is 36.1 Å². The fourth-order valence-corrected chi connectivity index (χ4v) is 2.43. The first-order chi connectivity index (χ1) is 7.68. The first kappa shape index (κ1) is 12.3. The summed E-state index contributed by atoms with van der Waals surface area (Å²) in [6, 6.07) is 8.14. The van der Waals surface area contributed by atoms with Crippen molar-refractivity contribution in [2.24, 2.45) is 4.99 Å². The third-order valence-electron chi connectivity index (χ3n) is 3.65. The SMILES string of the molecule is Cc1c(C)c1=N[C@H]1c2ccccc2C[C@@H]1O.Cl. The molecule has 0 fully saturated rings. The van der Waals surface area contributed by atoms with Crippen LogP contribution in [-0.4, -0.2) is 11.2 Å². The molecule has 0 aliphatic heterocycles. The molecule has 2 aromatic carbocycles. The fraction of sp³-hybridized carbons (Fsp3) is 0.357. The molecule has 0 saturated heterocycles. The number of hydrogen-bond acceptors (Lipinski definition) is 2. The first-order valence-corrected chi connectivity index (χ1v) is 5.70. The van der Waals surface area contributed by atoms with Crippen molar-refractivity contribution in [1.82, 2.24) is 0 Å². The van der Waals surface area contributed by atoms with E-state index in [0.29, 0.717) is 0 Å². The zero-order valence-electron chi connectivity index (χ0n) is 9.97. The second-order valence-electron chi connectivity index (χ2n) is 4.64. The molecule has 1 aliphatic carbocycles. The van der Waals surface area contributed by atoms with Crippen LogP contribution in [0.25, 0.3) is 0 Å². The zero-order valence-corrected chi connectivity index (χ0v) is 10.8. The average Bonchev–Trinajstić information content (AvgIpc) is 2.71. The zero-order chi connectivity index (χ0) is 11.3. The Labute approximate surface area is 107 Å². The number of rotatable bonds is 1. The summed E-state index contributed by atoms with van der Waals surface area (Å²) in [5.74, 6) is 0. The second kappa shape index (κ2) is 4.28. The van der Waals surface area contributed by atoms with Crippen molar-refractivity contribution in [2.75, 3.05) is 0 Å². The summed E-state index contributed by atoms with van der Waals surface area (Å²) in [5, 5.41) is 11.1. The van der Waals surface area contributed by atoms with Crippen LogP contribution in [0.5, 0.6) is 0 Å². The van der Waals surface area contributed by atoms with Gasteiger partial charge < -0.3 is 5.11 Å². The lowest BCUT2D eigenvalue weighted by Gasteiger charge is -2.09. The minimum absolute atomic E-state index is 0. The Hall–Kier alpha value is -1.12. The largest absolute Gasteiger partial charge is 0.390 e. The van der Waals surface area contributed by atoms with Gasteiger partial charge in [0.2, 0.25) is 0 Å². The number of nitrogens with zero attached hydrogens (tertiary/aromatic N) is 1. The highest BCUT2D eigenvalue weighted by atomic mass is 35.5. The van der Waals surface area contributed by atoms with Crippen LogP contribution < -0.4 is 5.36 Å². The molecule has 1 N–H and O–H groups in total. The van der Waals surface area contributed by atoms with E-state index in [1.165, 1.54) is 22.3 Å². The predicted molar refractivity (Wildman–Crippen MR) is 70.0 cm³/mol. The molecule has 0 saturated carbocycles. The summed E-state index contributed by atoms with van der Waals surface area (Å²) in [5.41, 5.74) is 5.00. The molecule has 2 atom stereocenters. The van der Waals surface area contributed by atoms with Crippen molar-refractivity contribution < 1.29 is 5.11 Å². The quantitative estimate of drug-likeness (QED) is 0.826. The van der Waals surface area contributed by atoms with Crippen molar-refractivity contribution >= 4 is 12.4 Å². The Bertz CT molecular complexity index is 549. The number of aliphatic hydroxyl groups excluding tert-OH is 1. The van der Waals surface area contributed by atoms with Crippen molar-refractivity contribution in [3.63, 3.8) is 0 Å². The van der Waals surface area contributed by atoms with E-state index in [0.717, 1.165) is 11.8 Å². The highest BCUT2D eigenvalue weighted by molar-refractivity contribution is 5.85. The van der Waals surface area contributed by atoms with Gasteiger partial charge in [-0.15, -0.1) is 12.4 Å². The minimum atomic E-state index is -0.355. The lowest BCUT2D eigenvalue weighted by Crippen LogP contribution is -2.13. The number of fused-ring (bicyclic) bond motifs is 1. The molecular formula is C14H16ClNO. The second-order valence-corrected chi connectivity index (χ2v) is 4.64. The topological polar surface area (TPSA) is 32.6 Å². The van der Waals surface area contributed by atoms with Gasteiger partial charge >= 0.3 is 0 Å². The maximum Gasteiger partial charge on any atom is 0.102 e. The van der Waals surface area contributed by atoms with Gasteiger partial charge in [0.15, 0.2) is 0 Å². The number of hydrogen-bond donors (Lipinski definition) is 1. The molecule has 17 heavy (non-hydrogen) atoms. The summed E-state index contributed by atoms with van der Waals surface area (Å²) in [6.45, 7) is 4.17. The van der Waals surface area contributed by atoms with Crippen LogP contribution in [0.2, 0.25) is 0 Å². The molecule has 0 radical (unpaired) electrons. The number of benzene rings is 1. The summed E-state index contributed by atoms with van der Waals surface area (Å²) < 4.78 is 0. The minimum Gasteiger partial charge on any atom is -0.390 e. The van der Waals surface area contributed by atoms with Gasteiger partial charge in [-0.1, -0.05) is 24.3 Å². The molecule has 0 heterocycles. The van der Waals surface area contributed by atoms with Crippen LogP contribution in [-0.2, 0) is 6.42 Å². The third-order valence-corrected chi connectivity index (χ3v) is 3.65. The van der Waals surface area contributed by atoms with Crippen LogP contribution in [0.3, 0.4) is 0 Å². The van der Waals surface area contributed by atoms with Gasteiger partial charge in [-0.3, -0.25) is 4.99 Å². The van der Waals surface area contributed by atoms with Gasteiger partial charge in [0.05, 0.1) is 11.5 Å². The van der Waals surface area contributed by atoms with Gasteiger partial charge in [-0.25, -0.2) is 0 Å². The van der Waals surface area contributed by atoms with Crippen LogP contribution in [0.4, 0.5) is 0 Å². The third kappa shape index (κ3) is 1.92. The normalized spacial score (nSPS) is 22.3. The van der Waals surface area contributed by atoms with Crippen molar-refractivity contribution in [3.05, 3.63) is 51.9 Å². The highest BCUT2D eigenvalue weighted by Crippen LogP contribution is 2.34. The molecule has 2 aromatic rings. The molecule has 2 nitrogen and oxygen atoms in total. The van der Waals surface area contributed by atoms with Crippen LogP contribution in [0.15, 0.2) is 29.3 Å². The van der Waals surface area contributed by atoms with Gasteiger partial charge in [-0.2, -0.15) is 0 Å². The molecule has 90 valence electrons. The van der Waals surface area contributed by atoms with Gasteiger partial charge in [0.1, 0.15) is 6.04 Å². The highest BCUT2D eigenvalue weighted by Gasteiger charge is 2.30. The van der Waals surface area contributed by atoms with E-state index >= 15 is 0 Å². The lowest BCUT2D eigenvalue weighted by molar-refractivity contribution is 0.158. The molecule has 0 spiro atoms. The van der Waals surface area contributed by atoms with Crippen molar-refractivity contribution in [3.8, 4) is 0 Å².